The maximum Gasteiger partial charge on any atom is 0.147 e. The molecule has 2 atom stereocenters. The van der Waals surface area contributed by atoms with Crippen LogP contribution in [0.3, 0.4) is 0 Å². The van der Waals surface area contributed by atoms with Crippen LogP contribution in [0.5, 0.6) is 0 Å². The molecule has 1 aromatic rings. The van der Waals surface area contributed by atoms with E-state index in [0.29, 0.717) is 6.04 Å². The van der Waals surface area contributed by atoms with Crippen molar-refractivity contribution in [2.24, 2.45) is 0 Å². The Labute approximate surface area is 107 Å². The standard InChI is InChI=1S/C12H20N4S/c1-3-17-10-6-4-5-9(10)15-12-8-14-7-11(13-2)16-12/h7-10H,3-6H2,1-2H3,(H2,13,15,16). The highest BCUT2D eigenvalue weighted by Gasteiger charge is 2.27. The molecule has 1 aromatic heterocycles. The summed E-state index contributed by atoms with van der Waals surface area (Å²) in [5.74, 6) is 2.88. The molecule has 0 radical (unpaired) electrons. The molecule has 5 heteroatoms. The zero-order valence-electron chi connectivity index (χ0n) is 10.4. The summed E-state index contributed by atoms with van der Waals surface area (Å²) in [6.45, 7) is 2.22. The van der Waals surface area contributed by atoms with E-state index in [0.717, 1.165) is 16.9 Å². The molecular formula is C12H20N4S. The molecule has 1 heterocycles. The number of rotatable bonds is 5. The minimum Gasteiger partial charge on any atom is -0.372 e. The van der Waals surface area contributed by atoms with Crippen LogP contribution in [0, 0.1) is 0 Å². The van der Waals surface area contributed by atoms with Gasteiger partial charge in [0, 0.05) is 18.3 Å². The average molecular weight is 252 g/mol. The quantitative estimate of drug-likeness (QED) is 0.843. The van der Waals surface area contributed by atoms with Crippen LogP contribution in [0.4, 0.5) is 11.6 Å². The third-order valence-corrected chi connectivity index (χ3v) is 4.38. The molecular weight excluding hydrogens is 232 g/mol. The van der Waals surface area contributed by atoms with Gasteiger partial charge in [0.2, 0.25) is 0 Å². The molecule has 17 heavy (non-hydrogen) atoms. The van der Waals surface area contributed by atoms with E-state index in [1.54, 1.807) is 12.4 Å². The smallest absolute Gasteiger partial charge is 0.147 e. The van der Waals surface area contributed by atoms with Gasteiger partial charge < -0.3 is 10.6 Å². The van der Waals surface area contributed by atoms with Crippen molar-refractivity contribution in [2.75, 3.05) is 23.4 Å². The fraction of sp³-hybridized carbons (Fsp3) is 0.667. The first kappa shape index (κ1) is 12.5. The third-order valence-electron chi connectivity index (χ3n) is 3.06. The molecule has 2 rings (SSSR count). The van der Waals surface area contributed by atoms with Gasteiger partial charge in [-0.25, -0.2) is 4.98 Å². The van der Waals surface area contributed by atoms with Crippen molar-refractivity contribution >= 4 is 23.4 Å². The second-order valence-corrected chi connectivity index (χ2v) is 5.73. The maximum absolute atomic E-state index is 4.46. The van der Waals surface area contributed by atoms with Crippen molar-refractivity contribution in [3.05, 3.63) is 12.4 Å². The van der Waals surface area contributed by atoms with Crippen LogP contribution >= 0.6 is 11.8 Å². The summed E-state index contributed by atoms with van der Waals surface area (Å²) < 4.78 is 0. The summed E-state index contributed by atoms with van der Waals surface area (Å²) in [6.07, 6.45) is 7.40. The fourth-order valence-electron chi connectivity index (χ4n) is 2.25. The summed E-state index contributed by atoms with van der Waals surface area (Å²) in [4.78, 5) is 8.63. The van der Waals surface area contributed by atoms with Gasteiger partial charge in [0.25, 0.3) is 0 Å². The van der Waals surface area contributed by atoms with Crippen molar-refractivity contribution in [2.45, 2.75) is 37.5 Å². The van der Waals surface area contributed by atoms with Crippen LogP contribution < -0.4 is 10.6 Å². The topological polar surface area (TPSA) is 49.8 Å². The van der Waals surface area contributed by atoms with Crippen molar-refractivity contribution in [3.8, 4) is 0 Å². The maximum atomic E-state index is 4.46. The number of thioether (sulfide) groups is 1. The minimum atomic E-state index is 0.543. The first-order valence-electron chi connectivity index (χ1n) is 6.21. The lowest BCUT2D eigenvalue weighted by molar-refractivity contribution is 0.761. The van der Waals surface area contributed by atoms with Gasteiger partial charge in [-0.05, 0) is 18.6 Å². The molecule has 0 aliphatic heterocycles. The number of hydrogen-bond acceptors (Lipinski definition) is 5. The Balaban J connectivity index is 1.99. The number of anilines is 2. The lowest BCUT2D eigenvalue weighted by Crippen LogP contribution is -2.26. The van der Waals surface area contributed by atoms with Crippen molar-refractivity contribution in [1.82, 2.24) is 9.97 Å². The number of nitrogens with zero attached hydrogens (tertiary/aromatic N) is 2. The summed E-state index contributed by atoms with van der Waals surface area (Å²) in [5.41, 5.74) is 0. The molecule has 0 spiro atoms. The van der Waals surface area contributed by atoms with Crippen LogP contribution in [0.2, 0.25) is 0 Å². The van der Waals surface area contributed by atoms with Crippen LogP contribution in [-0.4, -0.2) is 34.1 Å². The predicted octanol–water partition coefficient (Wildman–Crippen LogP) is 2.60. The molecule has 94 valence electrons. The Hall–Kier alpha value is -0.970. The van der Waals surface area contributed by atoms with E-state index in [9.17, 15) is 0 Å². The first-order chi connectivity index (χ1) is 8.33. The fourth-order valence-corrected chi connectivity index (χ4v) is 3.45. The summed E-state index contributed by atoms with van der Waals surface area (Å²) in [7, 11) is 1.86. The molecule has 0 amide bonds. The summed E-state index contributed by atoms with van der Waals surface area (Å²) in [6, 6.07) is 0.543. The number of aromatic nitrogens is 2. The van der Waals surface area contributed by atoms with E-state index >= 15 is 0 Å². The van der Waals surface area contributed by atoms with Crippen LogP contribution in [0.15, 0.2) is 12.4 Å². The average Bonchev–Trinajstić information content (AvgIpc) is 2.78. The number of nitrogens with one attached hydrogen (secondary N) is 2. The molecule has 1 aliphatic carbocycles. The van der Waals surface area contributed by atoms with Gasteiger partial charge >= 0.3 is 0 Å². The first-order valence-corrected chi connectivity index (χ1v) is 7.26. The van der Waals surface area contributed by atoms with Gasteiger partial charge in [0.1, 0.15) is 11.6 Å². The van der Waals surface area contributed by atoms with E-state index in [2.05, 4.69) is 27.5 Å². The number of hydrogen-bond donors (Lipinski definition) is 2. The molecule has 4 nitrogen and oxygen atoms in total. The lowest BCUT2D eigenvalue weighted by Gasteiger charge is -2.20. The Morgan fingerprint density at radius 1 is 1.35 bits per heavy atom. The zero-order valence-corrected chi connectivity index (χ0v) is 11.3. The molecule has 2 N–H and O–H groups in total. The molecule has 1 fully saturated rings. The second-order valence-electron chi connectivity index (χ2n) is 4.22. The minimum absolute atomic E-state index is 0.543. The van der Waals surface area contributed by atoms with Crippen LogP contribution in [0.1, 0.15) is 26.2 Å². The highest BCUT2D eigenvalue weighted by Crippen LogP contribution is 2.31. The summed E-state index contributed by atoms with van der Waals surface area (Å²) in [5, 5.41) is 7.25. The molecule has 1 aliphatic rings. The molecule has 2 unspecified atom stereocenters. The van der Waals surface area contributed by atoms with Gasteiger partial charge in [0.15, 0.2) is 0 Å². The highest BCUT2D eigenvalue weighted by molar-refractivity contribution is 7.99. The van der Waals surface area contributed by atoms with Gasteiger partial charge in [-0.1, -0.05) is 13.3 Å². The molecule has 0 saturated heterocycles. The van der Waals surface area contributed by atoms with E-state index in [-0.39, 0.29) is 0 Å². The van der Waals surface area contributed by atoms with Crippen LogP contribution in [0.25, 0.3) is 0 Å². The van der Waals surface area contributed by atoms with Crippen LogP contribution in [-0.2, 0) is 0 Å². The normalized spacial score (nSPS) is 23.6. The Kier molecular flexibility index (Phi) is 4.48. The Bertz CT molecular complexity index is 358. The lowest BCUT2D eigenvalue weighted by atomic mass is 10.2. The summed E-state index contributed by atoms with van der Waals surface area (Å²) >= 11 is 2.05. The highest BCUT2D eigenvalue weighted by atomic mass is 32.2. The molecule has 0 aromatic carbocycles. The third kappa shape index (κ3) is 3.25. The SMILES string of the molecule is CCSC1CCCC1Nc1cncc(NC)n1. The van der Waals surface area contributed by atoms with Crippen molar-refractivity contribution in [3.63, 3.8) is 0 Å². The van der Waals surface area contributed by atoms with Gasteiger partial charge in [-0.2, -0.15) is 11.8 Å². The molecule has 1 saturated carbocycles. The molecule has 0 bridgehead atoms. The predicted molar refractivity (Wildman–Crippen MR) is 74.8 cm³/mol. The van der Waals surface area contributed by atoms with Crippen molar-refractivity contribution < 1.29 is 0 Å². The monoisotopic (exact) mass is 252 g/mol. The largest absolute Gasteiger partial charge is 0.372 e. The zero-order chi connectivity index (χ0) is 12.1. The van der Waals surface area contributed by atoms with Crippen molar-refractivity contribution in [1.29, 1.82) is 0 Å². The Morgan fingerprint density at radius 3 is 2.94 bits per heavy atom. The van der Waals surface area contributed by atoms with Gasteiger partial charge in [-0.15, -0.1) is 0 Å². The second kappa shape index (κ2) is 6.10. The van der Waals surface area contributed by atoms with E-state index in [1.807, 2.05) is 18.8 Å². The van der Waals surface area contributed by atoms with E-state index in [1.165, 1.54) is 25.0 Å². The van der Waals surface area contributed by atoms with E-state index < -0.39 is 0 Å². The van der Waals surface area contributed by atoms with Gasteiger partial charge in [0.05, 0.1) is 12.4 Å². The van der Waals surface area contributed by atoms with E-state index in [4.69, 9.17) is 0 Å². The Morgan fingerprint density at radius 2 is 2.18 bits per heavy atom. The van der Waals surface area contributed by atoms with Gasteiger partial charge in [-0.3, -0.25) is 4.98 Å².